The Morgan fingerprint density at radius 2 is 1.29 bits per heavy atom. The summed E-state index contributed by atoms with van der Waals surface area (Å²) in [4.78, 5) is 0. The summed E-state index contributed by atoms with van der Waals surface area (Å²) in [6, 6.07) is 20.0. The number of rotatable bonds is 19. The van der Waals surface area contributed by atoms with Crippen molar-refractivity contribution in [3.05, 3.63) is 71.8 Å². The Labute approximate surface area is 231 Å². The average molecular weight is 538 g/mol. The normalized spacial score (nSPS) is 11.6. The zero-order valence-electron chi connectivity index (χ0n) is 23.5. The number of ether oxygens (including phenoxy) is 1. The van der Waals surface area contributed by atoms with Crippen LogP contribution in [-0.4, -0.2) is 14.7 Å². The van der Waals surface area contributed by atoms with E-state index in [2.05, 4.69) is 29.8 Å². The fourth-order valence-corrected chi connectivity index (χ4v) is 5.65. The van der Waals surface area contributed by atoms with E-state index >= 15 is 0 Å². The van der Waals surface area contributed by atoms with E-state index in [1.54, 1.807) is 0 Å². The largest absolute Gasteiger partial charge is 0.489 e. The monoisotopic (exact) mass is 537 g/mol. The van der Waals surface area contributed by atoms with Crippen LogP contribution in [-0.2, 0) is 23.1 Å². The molecular formula is C33H47NO3S. The molecule has 0 saturated carbocycles. The third kappa shape index (κ3) is 11.1. The van der Waals surface area contributed by atoms with Crippen molar-refractivity contribution in [2.24, 2.45) is 0 Å². The topological polar surface area (TPSA) is 55.4 Å². The van der Waals surface area contributed by atoms with E-state index in [0.717, 1.165) is 28.5 Å². The number of fused-ring (bicyclic) bond motifs is 1. The van der Waals surface area contributed by atoms with Crippen LogP contribution in [0.25, 0.3) is 10.8 Å². The van der Waals surface area contributed by atoms with Gasteiger partial charge in [0.05, 0.1) is 11.9 Å². The fourth-order valence-electron chi connectivity index (χ4n) is 5.07. The molecule has 3 aromatic rings. The molecule has 0 aromatic heterocycles. The number of nitrogens with one attached hydrogen (secondary N) is 1. The summed E-state index contributed by atoms with van der Waals surface area (Å²) in [6.07, 6.45) is 20.1. The van der Waals surface area contributed by atoms with Crippen LogP contribution < -0.4 is 9.46 Å². The Morgan fingerprint density at radius 3 is 1.92 bits per heavy atom. The maximum absolute atomic E-state index is 11.7. The van der Waals surface area contributed by atoms with Crippen LogP contribution in [0.3, 0.4) is 0 Å². The number of aryl methyl sites for hydroxylation is 1. The first-order chi connectivity index (χ1) is 18.5. The predicted molar refractivity (Wildman–Crippen MR) is 163 cm³/mol. The third-order valence-electron chi connectivity index (χ3n) is 7.17. The van der Waals surface area contributed by atoms with Gasteiger partial charge in [0.1, 0.15) is 12.4 Å². The number of hydrogen-bond donors (Lipinski definition) is 1. The predicted octanol–water partition coefficient (Wildman–Crippen LogP) is 9.42. The number of benzene rings is 3. The minimum atomic E-state index is -3.34. The van der Waals surface area contributed by atoms with Crippen molar-refractivity contribution in [3.8, 4) is 5.75 Å². The zero-order chi connectivity index (χ0) is 27.1. The van der Waals surface area contributed by atoms with Crippen molar-refractivity contribution >= 4 is 26.5 Å². The smallest absolute Gasteiger partial charge is 0.229 e. The Kier molecular flexibility index (Phi) is 13.0. The molecule has 3 rings (SSSR count). The van der Waals surface area contributed by atoms with E-state index in [-0.39, 0.29) is 0 Å². The molecule has 208 valence electrons. The molecule has 0 amide bonds. The van der Waals surface area contributed by atoms with Crippen molar-refractivity contribution in [3.63, 3.8) is 0 Å². The molecule has 4 nitrogen and oxygen atoms in total. The van der Waals surface area contributed by atoms with Crippen LogP contribution >= 0.6 is 0 Å². The van der Waals surface area contributed by atoms with Crippen molar-refractivity contribution in [2.75, 3.05) is 11.0 Å². The van der Waals surface area contributed by atoms with Gasteiger partial charge in [0.15, 0.2) is 0 Å². The van der Waals surface area contributed by atoms with E-state index in [1.165, 1.54) is 95.3 Å². The number of hydrogen-bond acceptors (Lipinski definition) is 3. The Bertz CT molecular complexity index is 1210. The molecule has 0 aliphatic carbocycles. The molecule has 0 spiro atoms. The molecule has 0 heterocycles. The van der Waals surface area contributed by atoms with Crippen molar-refractivity contribution < 1.29 is 13.2 Å². The van der Waals surface area contributed by atoms with Gasteiger partial charge in [-0.3, -0.25) is 4.72 Å². The molecule has 0 aliphatic rings. The van der Waals surface area contributed by atoms with Crippen LogP contribution in [0.2, 0.25) is 0 Å². The highest BCUT2D eigenvalue weighted by Gasteiger charge is 2.10. The molecule has 5 heteroatoms. The molecule has 0 aliphatic heterocycles. The lowest BCUT2D eigenvalue weighted by molar-refractivity contribution is 0.307. The van der Waals surface area contributed by atoms with Gasteiger partial charge >= 0.3 is 0 Å². The van der Waals surface area contributed by atoms with Crippen molar-refractivity contribution in [1.29, 1.82) is 0 Å². The van der Waals surface area contributed by atoms with Gasteiger partial charge in [-0.25, -0.2) is 8.42 Å². The Morgan fingerprint density at radius 1 is 0.684 bits per heavy atom. The highest BCUT2D eigenvalue weighted by Crippen LogP contribution is 2.28. The summed E-state index contributed by atoms with van der Waals surface area (Å²) in [5.74, 6) is 0.875. The van der Waals surface area contributed by atoms with Crippen molar-refractivity contribution in [2.45, 2.75) is 103 Å². The van der Waals surface area contributed by atoms with Crippen LogP contribution in [0.15, 0.2) is 60.7 Å². The van der Waals surface area contributed by atoms with Gasteiger partial charge in [0, 0.05) is 5.39 Å². The highest BCUT2D eigenvalue weighted by molar-refractivity contribution is 7.92. The SMILES string of the molecule is CCCCCCCCCCCCCCCc1cccc(OCc2ccc(NS(C)(=O)=O)c3ccccc23)c1. The number of unbranched alkanes of at least 4 members (excludes halogenated alkanes) is 12. The first-order valence-electron chi connectivity index (χ1n) is 14.7. The second-order valence-electron chi connectivity index (χ2n) is 10.6. The second-order valence-corrected chi connectivity index (χ2v) is 12.4. The number of sulfonamides is 1. The van der Waals surface area contributed by atoms with Gasteiger partial charge in [-0.15, -0.1) is 0 Å². The van der Waals surface area contributed by atoms with Gasteiger partial charge in [-0.05, 0) is 47.6 Å². The minimum absolute atomic E-state index is 0.432. The number of anilines is 1. The standard InChI is InChI=1S/C33H47NO3S/c1-3-4-5-6-7-8-9-10-11-12-13-14-15-19-28-20-18-21-30(26-28)37-27-29-24-25-33(34-38(2,35)36)32-23-17-16-22-31(29)32/h16-18,20-26,34H,3-15,19,27H2,1-2H3. The lowest BCUT2D eigenvalue weighted by Gasteiger charge is -2.13. The van der Waals surface area contributed by atoms with E-state index in [4.69, 9.17) is 4.74 Å². The Balaban J connectivity index is 1.37. The van der Waals surface area contributed by atoms with Crippen molar-refractivity contribution in [1.82, 2.24) is 0 Å². The third-order valence-corrected chi connectivity index (χ3v) is 7.76. The summed E-state index contributed by atoms with van der Waals surface area (Å²) in [7, 11) is -3.34. The molecule has 0 atom stereocenters. The summed E-state index contributed by atoms with van der Waals surface area (Å²) < 4.78 is 32.3. The lowest BCUT2D eigenvalue weighted by atomic mass is 10.0. The van der Waals surface area contributed by atoms with E-state index in [9.17, 15) is 8.42 Å². The maximum Gasteiger partial charge on any atom is 0.229 e. The molecule has 0 saturated heterocycles. The molecule has 0 fully saturated rings. The minimum Gasteiger partial charge on any atom is -0.489 e. The first-order valence-corrected chi connectivity index (χ1v) is 16.6. The quantitative estimate of drug-likeness (QED) is 0.155. The molecule has 1 N–H and O–H groups in total. The molecule has 3 aromatic carbocycles. The summed E-state index contributed by atoms with van der Waals surface area (Å²) in [5.41, 5.74) is 2.94. The van der Waals surface area contributed by atoms with Gasteiger partial charge in [0.25, 0.3) is 0 Å². The first kappa shape index (κ1) is 30.0. The fraction of sp³-hybridized carbons (Fsp3) is 0.515. The van der Waals surface area contributed by atoms with Crippen LogP contribution in [0.1, 0.15) is 102 Å². The maximum atomic E-state index is 11.7. The zero-order valence-corrected chi connectivity index (χ0v) is 24.3. The molecule has 0 radical (unpaired) electrons. The summed E-state index contributed by atoms with van der Waals surface area (Å²) in [6.45, 7) is 2.71. The van der Waals surface area contributed by atoms with Gasteiger partial charge in [-0.1, -0.05) is 126 Å². The van der Waals surface area contributed by atoms with Gasteiger partial charge in [-0.2, -0.15) is 0 Å². The lowest BCUT2D eigenvalue weighted by Crippen LogP contribution is -2.10. The summed E-state index contributed by atoms with van der Waals surface area (Å²) in [5, 5.41) is 1.86. The second kappa shape index (κ2) is 16.4. The molecule has 0 bridgehead atoms. The van der Waals surface area contributed by atoms with Gasteiger partial charge < -0.3 is 4.74 Å². The molecule has 0 unspecified atom stereocenters. The Hall–Kier alpha value is -2.53. The molecule has 38 heavy (non-hydrogen) atoms. The van der Waals surface area contributed by atoms with Crippen LogP contribution in [0, 0.1) is 0 Å². The van der Waals surface area contributed by atoms with E-state index in [0.29, 0.717) is 12.3 Å². The summed E-state index contributed by atoms with van der Waals surface area (Å²) >= 11 is 0. The van der Waals surface area contributed by atoms with Gasteiger partial charge in [0.2, 0.25) is 10.0 Å². The average Bonchev–Trinajstić information content (AvgIpc) is 2.90. The molecular weight excluding hydrogens is 490 g/mol. The highest BCUT2D eigenvalue weighted by atomic mass is 32.2. The van der Waals surface area contributed by atoms with E-state index < -0.39 is 10.0 Å². The van der Waals surface area contributed by atoms with Crippen LogP contribution in [0.4, 0.5) is 5.69 Å². The van der Waals surface area contributed by atoms with E-state index in [1.807, 2.05) is 42.5 Å². The van der Waals surface area contributed by atoms with Crippen LogP contribution in [0.5, 0.6) is 5.75 Å².